The first-order valence-corrected chi connectivity index (χ1v) is 10.2. The fourth-order valence-electron chi connectivity index (χ4n) is 2.84. The molecule has 0 unspecified atom stereocenters. The van der Waals surface area contributed by atoms with Crippen LogP contribution in [-0.4, -0.2) is 37.5 Å². The van der Waals surface area contributed by atoms with Gasteiger partial charge in [-0.2, -0.15) is 13.2 Å². The van der Waals surface area contributed by atoms with Gasteiger partial charge in [-0.1, -0.05) is 13.3 Å². The van der Waals surface area contributed by atoms with E-state index >= 15 is 0 Å². The number of amides is 1. The molecule has 1 fully saturated rings. The first-order valence-electron chi connectivity index (χ1n) is 8.59. The van der Waals surface area contributed by atoms with E-state index < -0.39 is 21.8 Å². The van der Waals surface area contributed by atoms with E-state index in [0.29, 0.717) is 24.9 Å². The number of halogens is 3. The Morgan fingerprint density at radius 3 is 2.27 bits per heavy atom. The van der Waals surface area contributed by atoms with E-state index in [0.717, 1.165) is 18.6 Å². The number of unbranched alkanes of at least 4 members (excludes halogenated alkanes) is 1. The van der Waals surface area contributed by atoms with Crippen LogP contribution in [0.5, 0.6) is 0 Å². The molecule has 0 radical (unpaired) electrons. The lowest BCUT2D eigenvalue weighted by Crippen LogP contribution is -2.42. The van der Waals surface area contributed by atoms with Gasteiger partial charge < -0.3 is 5.32 Å². The third-order valence-electron chi connectivity index (χ3n) is 4.45. The second kappa shape index (κ2) is 8.39. The van der Waals surface area contributed by atoms with E-state index in [1.54, 1.807) is 0 Å². The number of nitrogens with one attached hydrogen (secondary N) is 1. The predicted octanol–water partition coefficient (Wildman–Crippen LogP) is 3.49. The molecule has 0 bridgehead atoms. The number of rotatable bonds is 6. The molecular formula is C17H23F3N2O3S. The van der Waals surface area contributed by atoms with Crippen LogP contribution >= 0.6 is 0 Å². The van der Waals surface area contributed by atoms with Crippen molar-refractivity contribution in [3.63, 3.8) is 0 Å². The fourth-order valence-corrected chi connectivity index (χ4v) is 4.52. The van der Waals surface area contributed by atoms with Crippen molar-refractivity contribution >= 4 is 21.6 Å². The lowest BCUT2D eigenvalue weighted by atomic mass is 9.97. The van der Waals surface area contributed by atoms with Crippen LogP contribution in [0.4, 0.5) is 18.9 Å². The molecule has 1 aromatic rings. The van der Waals surface area contributed by atoms with Crippen LogP contribution in [0.2, 0.25) is 0 Å². The van der Waals surface area contributed by atoms with Crippen LogP contribution in [0.1, 0.15) is 38.2 Å². The summed E-state index contributed by atoms with van der Waals surface area (Å²) in [6.45, 7) is 2.50. The number of carbonyl (C=O) groups excluding carboxylic acids is 1. The van der Waals surface area contributed by atoms with Crippen LogP contribution in [0, 0.1) is 5.92 Å². The molecule has 0 saturated carbocycles. The smallest absolute Gasteiger partial charge is 0.326 e. The Hall–Kier alpha value is -1.61. The average Bonchev–Trinajstić information content (AvgIpc) is 2.60. The van der Waals surface area contributed by atoms with E-state index in [-0.39, 0.29) is 30.7 Å². The Bertz CT molecular complexity index is 710. The molecule has 0 atom stereocenters. The van der Waals surface area contributed by atoms with Crippen molar-refractivity contribution in [2.45, 2.75) is 38.8 Å². The molecule has 1 amide bonds. The molecule has 1 aliphatic heterocycles. The Kier molecular flexibility index (Phi) is 6.68. The maximum Gasteiger partial charge on any atom is 0.416 e. The van der Waals surface area contributed by atoms with Gasteiger partial charge in [0.15, 0.2) is 0 Å². The highest BCUT2D eigenvalue weighted by Crippen LogP contribution is 2.30. The van der Waals surface area contributed by atoms with Gasteiger partial charge >= 0.3 is 6.18 Å². The maximum absolute atomic E-state index is 12.5. The van der Waals surface area contributed by atoms with Gasteiger partial charge in [0.2, 0.25) is 15.9 Å². The summed E-state index contributed by atoms with van der Waals surface area (Å²) in [6.07, 6.45) is -2.21. The number of sulfonamides is 1. The Balaban J connectivity index is 1.88. The van der Waals surface area contributed by atoms with Crippen LogP contribution in [0.3, 0.4) is 0 Å². The van der Waals surface area contributed by atoms with Crippen molar-refractivity contribution in [3.8, 4) is 0 Å². The van der Waals surface area contributed by atoms with Crippen molar-refractivity contribution in [3.05, 3.63) is 29.8 Å². The molecular weight excluding hydrogens is 369 g/mol. The number of nitrogens with zero attached hydrogens (tertiary/aromatic N) is 1. The molecule has 0 spiro atoms. The van der Waals surface area contributed by atoms with Crippen molar-refractivity contribution in [1.82, 2.24) is 4.31 Å². The van der Waals surface area contributed by atoms with Gasteiger partial charge in [0.25, 0.3) is 0 Å². The van der Waals surface area contributed by atoms with E-state index in [1.165, 1.54) is 16.4 Å². The van der Waals surface area contributed by atoms with E-state index in [2.05, 4.69) is 5.32 Å². The molecule has 1 aliphatic rings. The molecule has 146 valence electrons. The zero-order valence-corrected chi connectivity index (χ0v) is 15.4. The number of hydrogen-bond donors (Lipinski definition) is 1. The van der Waals surface area contributed by atoms with Gasteiger partial charge in [0.1, 0.15) is 0 Å². The fraction of sp³-hybridized carbons (Fsp3) is 0.588. The minimum atomic E-state index is -4.42. The standard InChI is InChI=1S/C17H23F3N2O3S/c1-2-3-12-26(24,25)22-10-8-13(9-11-22)16(23)21-15-6-4-14(5-7-15)17(18,19)20/h4-7,13H,2-3,8-12H2,1H3,(H,21,23). The SMILES string of the molecule is CCCCS(=O)(=O)N1CCC(C(=O)Nc2ccc(C(F)(F)F)cc2)CC1. The molecule has 5 nitrogen and oxygen atoms in total. The quantitative estimate of drug-likeness (QED) is 0.806. The van der Waals surface area contributed by atoms with Crippen LogP contribution in [0.25, 0.3) is 0 Å². The Morgan fingerprint density at radius 2 is 1.77 bits per heavy atom. The second-order valence-corrected chi connectivity index (χ2v) is 8.50. The third-order valence-corrected chi connectivity index (χ3v) is 6.41. The summed E-state index contributed by atoms with van der Waals surface area (Å²) >= 11 is 0. The lowest BCUT2D eigenvalue weighted by Gasteiger charge is -2.30. The molecule has 9 heteroatoms. The predicted molar refractivity (Wildman–Crippen MR) is 93.1 cm³/mol. The average molecular weight is 392 g/mol. The topological polar surface area (TPSA) is 66.5 Å². The largest absolute Gasteiger partial charge is 0.416 e. The number of hydrogen-bond acceptors (Lipinski definition) is 3. The third kappa shape index (κ3) is 5.44. The van der Waals surface area contributed by atoms with Gasteiger partial charge in [0, 0.05) is 24.7 Å². The van der Waals surface area contributed by atoms with Crippen molar-refractivity contribution < 1.29 is 26.4 Å². The van der Waals surface area contributed by atoms with E-state index in [4.69, 9.17) is 0 Å². The van der Waals surface area contributed by atoms with Crippen molar-refractivity contribution in [2.24, 2.45) is 5.92 Å². The Morgan fingerprint density at radius 1 is 1.19 bits per heavy atom. The summed E-state index contributed by atoms with van der Waals surface area (Å²) < 4.78 is 63.4. The summed E-state index contributed by atoms with van der Waals surface area (Å²) in [5.74, 6) is -0.531. The highest BCUT2D eigenvalue weighted by molar-refractivity contribution is 7.89. The van der Waals surface area contributed by atoms with E-state index in [9.17, 15) is 26.4 Å². The molecule has 26 heavy (non-hydrogen) atoms. The molecule has 0 aliphatic carbocycles. The minimum Gasteiger partial charge on any atom is -0.326 e. The number of alkyl halides is 3. The van der Waals surface area contributed by atoms with Gasteiger partial charge in [-0.25, -0.2) is 12.7 Å². The van der Waals surface area contributed by atoms with Crippen LogP contribution in [0.15, 0.2) is 24.3 Å². The van der Waals surface area contributed by atoms with Crippen molar-refractivity contribution in [2.75, 3.05) is 24.2 Å². The molecule has 0 aromatic heterocycles. The van der Waals surface area contributed by atoms with Gasteiger partial charge in [-0.05, 0) is 43.5 Å². The van der Waals surface area contributed by atoms with Gasteiger partial charge in [-0.3, -0.25) is 4.79 Å². The summed E-state index contributed by atoms with van der Waals surface area (Å²) in [7, 11) is -3.28. The molecule has 2 rings (SSSR count). The highest BCUT2D eigenvalue weighted by atomic mass is 32.2. The highest BCUT2D eigenvalue weighted by Gasteiger charge is 2.32. The minimum absolute atomic E-state index is 0.117. The van der Waals surface area contributed by atoms with Gasteiger partial charge in [-0.15, -0.1) is 0 Å². The monoisotopic (exact) mass is 392 g/mol. The molecule has 1 aromatic carbocycles. The first-order chi connectivity index (χ1) is 12.1. The zero-order chi connectivity index (χ0) is 19.4. The summed E-state index contributed by atoms with van der Waals surface area (Å²) in [6, 6.07) is 4.26. The summed E-state index contributed by atoms with van der Waals surface area (Å²) in [5.41, 5.74) is -0.484. The second-order valence-electron chi connectivity index (χ2n) is 6.41. The van der Waals surface area contributed by atoms with Crippen LogP contribution < -0.4 is 5.32 Å². The lowest BCUT2D eigenvalue weighted by molar-refractivity contribution is -0.137. The molecule has 1 N–H and O–H groups in total. The van der Waals surface area contributed by atoms with E-state index in [1.807, 2.05) is 6.92 Å². The van der Waals surface area contributed by atoms with Gasteiger partial charge in [0.05, 0.1) is 11.3 Å². The number of carbonyl (C=O) groups is 1. The molecule has 1 heterocycles. The summed E-state index contributed by atoms with van der Waals surface area (Å²) in [4.78, 5) is 12.3. The summed E-state index contributed by atoms with van der Waals surface area (Å²) in [5, 5.41) is 2.60. The number of piperidine rings is 1. The Labute approximate surface area is 151 Å². The maximum atomic E-state index is 12.5. The number of benzene rings is 1. The molecule has 1 saturated heterocycles. The first kappa shape index (κ1) is 20.7. The normalized spacial score (nSPS) is 17.2. The van der Waals surface area contributed by atoms with Crippen molar-refractivity contribution in [1.29, 1.82) is 0 Å². The number of anilines is 1. The zero-order valence-electron chi connectivity index (χ0n) is 14.6. The van der Waals surface area contributed by atoms with Crippen LogP contribution in [-0.2, 0) is 21.0 Å².